The molecular formula is C43H48ClN3O7. The fraction of sp³-hybridized carbons (Fsp3) is 0.395. The number of allylic oxidation sites excluding steroid dienone is 1. The van der Waals surface area contributed by atoms with Gasteiger partial charge in [-0.2, -0.15) is 0 Å². The van der Waals surface area contributed by atoms with Gasteiger partial charge in [0.05, 0.1) is 47.3 Å². The van der Waals surface area contributed by atoms with Gasteiger partial charge in [-0.15, -0.1) is 13.2 Å². The van der Waals surface area contributed by atoms with Gasteiger partial charge in [-0.3, -0.25) is 19.2 Å². The van der Waals surface area contributed by atoms with Gasteiger partial charge >= 0.3 is 5.97 Å². The Morgan fingerprint density at radius 2 is 1.70 bits per heavy atom. The number of esters is 1. The summed E-state index contributed by atoms with van der Waals surface area (Å²) in [5, 5.41) is 11.2. The van der Waals surface area contributed by atoms with Gasteiger partial charge in [0.25, 0.3) is 5.91 Å². The third-order valence-corrected chi connectivity index (χ3v) is 11.6. The summed E-state index contributed by atoms with van der Waals surface area (Å²) in [5.41, 5.74) is 0.621. The molecule has 8 atom stereocenters. The highest BCUT2D eigenvalue weighted by atomic mass is 35.5. The van der Waals surface area contributed by atoms with Crippen molar-refractivity contribution in [3.63, 3.8) is 0 Å². The van der Waals surface area contributed by atoms with Gasteiger partial charge in [-0.25, -0.2) is 0 Å². The zero-order chi connectivity index (χ0) is 38.6. The fourth-order valence-electron chi connectivity index (χ4n) is 8.55. The summed E-state index contributed by atoms with van der Waals surface area (Å²) in [7, 11) is 1.68. The second-order valence-corrected chi connectivity index (χ2v) is 14.8. The number of likely N-dealkylation sites (tertiary alicyclic amines) is 1. The smallest absolute Gasteiger partial charge is 0.313 e. The maximum atomic E-state index is 15.1. The van der Waals surface area contributed by atoms with Crippen molar-refractivity contribution >= 4 is 41.0 Å². The minimum atomic E-state index is -1.38. The Kier molecular flexibility index (Phi) is 12.1. The van der Waals surface area contributed by atoms with Crippen LogP contribution < -0.4 is 4.90 Å². The van der Waals surface area contributed by atoms with Crippen LogP contribution in [0.15, 0.2) is 110 Å². The van der Waals surface area contributed by atoms with Crippen molar-refractivity contribution in [1.29, 1.82) is 0 Å². The highest BCUT2D eigenvalue weighted by Gasteiger charge is 2.76. The number of hydrogen-bond acceptors (Lipinski definition) is 7. The maximum absolute atomic E-state index is 15.1. The molecule has 6 rings (SSSR count). The number of likely N-dealkylation sites (N-methyl/N-ethyl adjacent to an activating group) is 1. The van der Waals surface area contributed by atoms with Crippen molar-refractivity contribution < 1.29 is 33.8 Å². The molecule has 3 saturated heterocycles. The molecule has 3 aromatic carbocycles. The molecule has 0 radical (unpaired) electrons. The number of ether oxygens (including phenoxy) is 2. The number of rotatable bonds is 16. The second kappa shape index (κ2) is 16.7. The third-order valence-electron chi connectivity index (χ3n) is 11.3. The normalized spacial score (nSPS) is 24.3. The van der Waals surface area contributed by atoms with Crippen LogP contribution in [0.5, 0.6) is 0 Å². The van der Waals surface area contributed by atoms with E-state index in [4.69, 9.17) is 21.1 Å². The topological polar surface area (TPSA) is 117 Å². The summed E-state index contributed by atoms with van der Waals surface area (Å²) in [4.78, 5) is 62.3. The van der Waals surface area contributed by atoms with E-state index in [1.807, 2.05) is 67.6 Å². The number of amides is 3. The van der Waals surface area contributed by atoms with Gasteiger partial charge in [0.15, 0.2) is 0 Å². The van der Waals surface area contributed by atoms with Gasteiger partial charge in [0, 0.05) is 20.0 Å². The quantitative estimate of drug-likeness (QED) is 0.142. The Labute approximate surface area is 322 Å². The van der Waals surface area contributed by atoms with E-state index in [9.17, 15) is 14.7 Å². The van der Waals surface area contributed by atoms with E-state index in [0.29, 0.717) is 35.5 Å². The Hall–Kier alpha value is -4.77. The van der Waals surface area contributed by atoms with Gasteiger partial charge in [0.2, 0.25) is 11.8 Å². The predicted octanol–water partition coefficient (Wildman–Crippen LogP) is 5.93. The first-order valence-corrected chi connectivity index (χ1v) is 18.9. The van der Waals surface area contributed by atoms with Crippen molar-refractivity contribution in [2.24, 2.45) is 11.8 Å². The molecular weight excluding hydrogens is 706 g/mol. The van der Waals surface area contributed by atoms with Crippen LogP contribution in [0, 0.1) is 11.8 Å². The largest absolute Gasteiger partial charge is 0.455 e. The van der Waals surface area contributed by atoms with Crippen LogP contribution in [0.1, 0.15) is 49.8 Å². The number of aliphatic hydroxyl groups is 1. The number of aliphatic hydroxyl groups excluding tert-OH is 1. The number of halogens is 1. The number of para-hydroxylation sites is 1. The lowest BCUT2D eigenvalue weighted by Gasteiger charge is -2.39. The summed E-state index contributed by atoms with van der Waals surface area (Å²) in [5.74, 6) is -3.76. The summed E-state index contributed by atoms with van der Waals surface area (Å²) in [6, 6.07) is 23.0. The predicted molar refractivity (Wildman–Crippen MR) is 206 cm³/mol. The van der Waals surface area contributed by atoms with E-state index >= 15 is 9.59 Å². The molecule has 1 spiro atoms. The van der Waals surface area contributed by atoms with E-state index in [1.54, 1.807) is 48.4 Å². The van der Waals surface area contributed by atoms with Gasteiger partial charge in [-0.1, -0.05) is 96.5 Å². The van der Waals surface area contributed by atoms with Gasteiger partial charge < -0.3 is 29.3 Å². The monoisotopic (exact) mass is 753 g/mol. The van der Waals surface area contributed by atoms with Crippen LogP contribution in [-0.2, 0) is 35.1 Å². The van der Waals surface area contributed by atoms with E-state index in [2.05, 4.69) is 13.2 Å². The van der Waals surface area contributed by atoms with Crippen LogP contribution in [0.25, 0.3) is 0 Å². The molecule has 0 aliphatic carbocycles. The third kappa shape index (κ3) is 7.22. The molecule has 0 unspecified atom stereocenters. The van der Waals surface area contributed by atoms with Gasteiger partial charge in [0.1, 0.15) is 17.7 Å². The van der Waals surface area contributed by atoms with Crippen molar-refractivity contribution in [3.05, 3.63) is 126 Å². The second-order valence-electron chi connectivity index (χ2n) is 14.4. The highest BCUT2D eigenvalue weighted by Crippen LogP contribution is 2.59. The van der Waals surface area contributed by atoms with Crippen molar-refractivity contribution in [3.8, 4) is 0 Å². The zero-order valence-electron chi connectivity index (χ0n) is 30.8. The lowest BCUT2D eigenvalue weighted by atomic mass is 9.70. The Bertz CT molecular complexity index is 1860. The van der Waals surface area contributed by atoms with Crippen molar-refractivity contribution in [1.82, 2.24) is 9.80 Å². The Balaban J connectivity index is 1.39. The molecule has 54 heavy (non-hydrogen) atoms. The Morgan fingerprint density at radius 1 is 1.04 bits per heavy atom. The molecule has 1 N–H and O–H groups in total. The average Bonchev–Trinajstić information content (AvgIpc) is 3.84. The Morgan fingerprint density at radius 3 is 2.35 bits per heavy atom. The number of hydrogen-bond donors (Lipinski definition) is 1. The first-order valence-electron chi connectivity index (χ1n) is 18.5. The zero-order valence-corrected chi connectivity index (χ0v) is 31.5. The highest BCUT2D eigenvalue weighted by molar-refractivity contribution is 6.34. The van der Waals surface area contributed by atoms with E-state index in [1.165, 1.54) is 9.80 Å². The maximum Gasteiger partial charge on any atom is 0.313 e. The number of nitrogens with zero attached hydrogens (tertiary/aromatic N) is 3. The molecule has 0 aromatic heterocycles. The number of anilines is 1. The molecule has 3 aliphatic rings. The van der Waals surface area contributed by atoms with Gasteiger partial charge in [-0.05, 0) is 55.9 Å². The molecule has 3 aromatic rings. The van der Waals surface area contributed by atoms with Crippen LogP contribution >= 0.6 is 11.6 Å². The molecule has 3 amide bonds. The standard InChI is InChI=1S/C43H48ClN3O7/c1-5-7-22-35(49)45(4)28(3)38(30-18-12-9-13-19-30)53-42(52)36-34-23-24-43(54-34)37(36)40(50)47(31(27-48)26-29-16-10-8-11-17-29)39(43)41(51)46(25-6-2)33-21-15-14-20-32(33)44/h5-6,8-21,28,31,34,36-39,48H,1-2,7,22-27H2,3-4H3/t28-,31-,34-,36+,37+,38+,39-,43+/m1/s1. The SMILES string of the molecule is C=CCCC(=O)N(C)[C@H](C)[C@H](OC(=O)[C@@H]1[C@H]2C(=O)N([C@@H](CO)Cc3ccccc3)[C@H](C(=O)N(CC=C)c3ccccc3Cl)[C@]23CC[C@H]1O3)c1ccccc1. The first-order chi connectivity index (χ1) is 26.1. The molecule has 0 saturated carbocycles. The van der Waals surface area contributed by atoms with E-state index < -0.39 is 72.2 Å². The molecule has 3 fully saturated rings. The van der Waals surface area contributed by atoms with Crippen LogP contribution in [0.4, 0.5) is 5.69 Å². The summed E-state index contributed by atoms with van der Waals surface area (Å²) in [6.45, 7) is 9.08. The summed E-state index contributed by atoms with van der Waals surface area (Å²) >= 11 is 6.64. The molecule has 3 aliphatic heterocycles. The minimum absolute atomic E-state index is 0.0922. The lowest BCUT2D eigenvalue weighted by molar-refractivity contribution is -0.165. The summed E-state index contributed by atoms with van der Waals surface area (Å²) in [6.07, 6.45) is 3.52. The summed E-state index contributed by atoms with van der Waals surface area (Å²) < 4.78 is 13.1. The first kappa shape index (κ1) is 38.9. The van der Waals surface area contributed by atoms with Crippen LogP contribution in [0.3, 0.4) is 0 Å². The van der Waals surface area contributed by atoms with E-state index in [0.717, 1.165) is 5.56 Å². The average molecular weight is 754 g/mol. The van der Waals surface area contributed by atoms with Crippen molar-refractivity contribution in [2.45, 2.75) is 75.0 Å². The molecule has 10 nitrogen and oxygen atoms in total. The molecule has 2 bridgehead atoms. The molecule has 3 heterocycles. The van der Waals surface area contributed by atoms with Crippen molar-refractivity contribution in [2.75, 3.05) is 25.1 Å². The number of carbonyl (C=O) groups is 4. The fourth-order valence-corrected chi connectivity index (χ4v) is 8.78. The lowest BCUT2D eigenvalue weighted by Crippen LogP contribution is -2.59. The molecule has 284 valence electrons. The number of fused-ring (bicyclic) bond motifs is 1. The number of carbonyl (C=O) groups excluding carboxylic acids is 4. The van der Waals surface area contributed by atoms with Crippen LogP contribution in [-0.4, -0.2) is 88.6 Å². The minimum Gasteiger partial charge on any atom is -0.455 e. The van der Waals surface area contributed by atoms with Crippen LogP contribution in [0.2, 0.25) is 5.02 Å². The molecule has 11 heteroatoms. The van der Waals surface area contributed by atoms with E-state index in [-0.39, 0.29) is 25.3 Å². The number of benzene rings is 3.